The molecule has 0 unspecified atom stereocenters. The summed E-state index contributed by atoms with van der Waals surface area (Å²) < 4.78 is 18.9. The number of nitrogens with zero attached hydrogens (tertiary/aromatic N) is 1. The van der Waals surface area contributed by atoms with Crippen molar-refractivity contribution in [1.29, 1.82) is 0 Å². The van der Waals surface area contributed by atoms with E-state index in [2.05, 4.69) is 26.2 Å². The van der Waals surface area contributed by atoms with E-state index in [1.807, 2.05) is 0 Å². The Morgan fingerprint density at radius 2 is 2.04 bits per heavy atom. The van der Waals surface area contributed by atoms with E-state index in [0.29, 0.717) is 4.47 Å². The van der Waals surface area contributed by atoms with Crippen LogP contribution < -0.4 is 5.32 Å². The molecule has 0 radical (unpaired) electrons. The first-order valence-electron chi connectivity index (χ1n) is 6.10. The van der Waals surface area contributed by atoms with Gasteiger partial charge in [0.05, 0.1) is 16.3 Å². The third-order valence-corrected chi connectivity index (χ3v) is 3.75. The van der Waals surface area contributed by atoms with Crippen molar-refractivity contribution in [3.8, 4) is 0 Å². The number of pyridine rings is 1. The second-order valence-corrected chi connectivity index (χ2v) is 5.93. The molecule has 23 heavy (non-hydrogen) atoms. The molecule has 1 aromatic carbocycles. The zero-order valence-corrected chi connectivity index (χ0v) is 14.4. The minimum Gasteiger partial charge on any atom is -0.452 e. The SMILES string of the molecule is O=C(COC(=O)c1cnc(Cl)c(Cl)c1)Nc1ccc(Br)cc1F. The van der Waals surface area contributed by atoms with E-state index in [1.165, 1.54) is 24.4 Å². The Labute approximate surface area is 148 Å². The highest BCUT2D eigenvalue weighted by molar-refractivity contribution is 9.10. The van der Waals surface area contributed by atoms with E-state index in [9.17, 15) is 14.0 Å². The molecule has 0 aliphatic carbocycles. The van der Waals surface area contributed by atoms with Gasteiger partial charge in [-0.05, 0) is 24.3 Å². The fourth-order valence-corrected chi connectivity index (χ4v) is 2.13. The third-order valence-electron chi connectivity index (χ3n) is 2.57. The number of carbonyl (C=O) groups is 2. The van der Waals surface area contributed by atoms with Crippen molar-refractivity contribution < 1.29 is 18.7 Å². The number of rotatable bonds is 4. The summed E-state index contributed by atoms with van der Waals surface area (Å²) in [6.07, 6.45) is 1.17. The van der Waals surface area contributed by atoms with Gasteiger partial charge in [0.25, 0.3) is 5.91 Å². The number of esters is 1. The molecule has 0 spiro atoms. The van der Waals surface area contributed by atoms with Gasteiger partial charge in [0.2, 0.25) is 0 Å². The molecule has 2 aromatic rings. The summed E-state index contributed by atoms with van der Waals surface area (Å²) in [6.45, 7) is -0.589. The maximum Gasteiger partial charge on any atom is 0.340 e. The Balaban J connectivity index is 1.93. The lowest BCUT2D eigenvalue weighted by Crippen LogP contribution is -2.21. The predicted molar refractivity (Wildman–Crippen MR) is 87.3 cm³/mol. The number of anilines is 1. The molecule has 1 aromatic heterocycles. The minimum atomic E-state index is -0.803. The Kier molecular flexibility index (Phi) is 5.92. The Bertz CT molecular complexity index is 774. The van der Waals surface area contributed by atoms with Crippen LogP contribution in [0.2, 0.25) is 10.2 Å². The van der Waals surface area contributed by atoms with Gasteiger partial charge in [-0.1, -0.05) is 39.1 Å². The standard InChI is InChI=1S/C14H8BrCl2FN2O3/c15-8-1-2-11(10(18)4-8)20-12(21)6-23-14(22)7-3-9(16)13(17)19-5-7/h1-5H,6H2,(H,20,21). The zero-order valence-electron chi connectivity index (χ0n) is 11.3. The zero-order chi connectivity index (χ0) is 17.0. The second kappa shape index (κ2) is 7.72. The van der Waals surface area contributed by atoms with Gasteiger partial charge in [0.15, 0.2) is 6.61 Å². The van der Waals surface area contributed by atoms with E-state index >= 15 is 0 Å². The van der Waals surface area contributed by atoms with E-state index in [4.69, 9.17) is 27.9 Å². The summed E-state index contributed by atoms with van der Waals surface area (Å²) in [7, 11) is 0. The van der Waals surface area contributed by atoms with E-state index in [-0.39, 0.29) is 21.4 Å². The molecule has 9 heteroatoms. The van der Waals surface area contributed by atoms with Crippen LogP contribution in [0.25, 0.3) is 0 Å². The second-order valence-electron chi connectivity index (χ2n) is 4.25. The predicted octanol–water partition coefficient (Wildman–Crippen LogP) is 4.09. The van der Waals surface area contributed by atoms with Crippen LogP contribution in [0.1, 0.15) is 10.4 Å². The van der Waals surface area contributed by atoms with Crippen molar-refractivity contribution in [2.75, 3.05) is 11.9 Å². The average molecular weight is 422 g/mol. The van der Waals surface area contributed by atoms with Crippen molar-refractivity contribution in [2.45, 2.75) is 0 Å². The summed E-state index contributed by atoms with van der Waals surface area (Å²) in [5.41, 5.74) is 0.0208. The highest BCUT2D eigenvalue weighted by Gasteiger charge is 2.14. The van der Waals surface area contributed by atoms with Crippen molar-refractivity contribution >= 4 is 56.7 Å². The van der Waals surface area contributed by atoms with Crippen molar-refractivity contribution in [1.82, 2.24) is 4.98 Å². The lowest BCUT2D eigenvalue weighted by molar-refractivity contribution is -0.119. The third kappa shape index (κ3) is 4.89. The van der Waals surface area contributed by atoms with Crippen LogP contribution in [0.4, 0.5) is 10.1 Å². The molecule has 120 valence electrons. The Hall–Kier alpha value is -1.70. The highest BCUT2D eigenvalue weighted by Crippen LogP contribution is 2.21. The summed E-state index contributed by atoms with van der Waals surface area (Å²) in [6, 6.07) is 5.41. The maximum absolute atomic E-state index is 13.6. The largest absolute Gasteiger partial charge is 0.452 e. The fraction of sp³-hybridized carbons (Fsp3) is 0.0714. The number of halogens is 4. The summed E-state index contributed by atoms with van der Waals surface area (Å²) in [5.74, 6) is -2.11. The smallest absolute Gasteiger partial charge is 0.340 e. The van der Waals surface area contributed by atoms with Gasteiger partial charge in [-0.3, -0.25) is 4.79 Å². The lowest BCUT2D eigenvalue weighted by atomic mass is 10.3. The van der Waals surface area contributed by atoms with Crippen LogP contribution in [-0.4, -0.2) is 23.5 Å². The summed E-state index contributed by atoms with van der Waals surface area (Å²) in [5, 5.41) is 2.42. The lowest BCUT2D eigenvalue weighted by Gasteiger charge is -2.08. The van der Waals surface area contributed by atoms with Gasteiger partial charge in [0, 0.05) is 10.7 Å². The molecule has 0 saturated carbocycles. The molecule has 5 nitrogen and oxygen atoms in total. The van der Waals surface area contributed by atoms with Crippen LogP contribution in [0.15, 0.2) is 34.9 Å². The molecule has 0 fully saturated rings. The summed E-state index contributed by atoms with van der Waals surface area (Å²) in [4.78, 5) is 27.1. The van der Waals surface area contributed by atoms with Gasteiger partial charge < -0.3 is 10.1 Å². The summed E-state index contributed by atoms with van der Waals surface area (Å²) >= 11 is 14.5. The topological polar surface area (TPSA) is 68.3 Å². The Morgan fingerprint density at radius 1 is 1.30 bits per heavy atom. The van der Waals surface area contributed by atoms with Crippen LogP contribution >= 0.6 is 39.1 Å². The number of aromatic nitrogens is 1. The molecular weight excluding hydrogens is 414 g/mol. The van der Waals surface area contributed by atoms with Crippen LogP contribution in [0.5, 0.6) is 0 Å². The van der Waals surface area contributed by atoms with E-state index in [0.717, 1.165) is 0 Å². The molecule has 0 bridgehead atoms. The van der Waals surface area contributed by atoms with Crippen LogP contribution in [0.3, 0.4) is 0 Å². The Morgan fingerprint density at radius 3 is 2.70 bits per heavy atom. The van der Waals surface area contributed by atoms with Gasteiger partial charge in [0.1, 0.15) is 11.0 Å². The number of ether oxygens (including phenoxy) is 1. The highest BCUT2D eigenvalue weighted by atomic mass is 79.9. The fourth-order valence-electron chi connectivity index (χ4n) is 1.52. The molecule has 1 amide bonds. The van der Waals surface area contributed by atoms with E-state index < -0.39 is 24.3 Å². The van der Waals surface area contributed by atoms with Crippen molar-refractivity contribution in [3.63, 3.8) is 0 Å². The van der Waals surface area contributed by atoms with Crippen LogP contribution in [0, 0.1) is 5.82 Å². The monoisotopic (exact) mass is 420 g/mol. The molecule has 0 saturated heterocycles. The minimum absolute atomic E-state index is 0.0227. The molecule has 1 N–H and O–H groups in total. The molecule has 0 atom stereocenters. The first-order valence-corrected chi connectivity index (χ1v) is 7.65. The number of hydrogen-bond donors (Lipinski definition) is 1. The van der Waals surface area contributed by atoms with Crippen LogP contribution in [-0.2, 0) is 9.53 Å². The number of benzene rings is 1. The molecule has 0 aliphatic heterocycles. The first kappa shape index (κ1) is 17.7. The molecule has 1 heterocycles. The van der Waals surface area contributed by atoms with Crippen molar-refractivity contribution in [2.24, 2.45) is 0 Å². The number of amides is 1. The normalized spacial score (nSPS) is 10.3. The van der Waals surface area contributed by atoms with Crippen molar-refractivity contribution in [3.05, 3.63) is 56.5 Å². The maximum atomic E-state index is 13.6. The first-order chi connectivity index (χ1) is 10.9. The quantitative estimate of drug-likeness (QED) is 0.596. The average Bonchev–Trinajstić information content (AvgIpc) is 2.50. The van der Waals surface area contributed by atoms with Gasteiger partial charge in [-0.15, -0.1) is 0 Å². The number of hydrogen-bond acceptors (Lipinski definition) is 4. The number of nitrogens with one attached hydrogen (secondary N) is 1. The molecule has 0 aliphatic rings. The van der Waals surface area contributed by atoms with Gasteiger partial charge in [-0.2, -0.15) is 0 Å². The molecule has 2 rings (SSSR count). The van der Waals surface area contributed by atoms with Gasteiger partial charge in [-0.25, -0.2) is 14.2 Å². The van der Waals surface area contributed by atoms with E-state index in [1.54, 1.807) is 6.07 Å². The number of carbonyl (C=O) groups excluding carboxylic acids is 2. The van der Waals surface area contributed by atoms with Gasteiger partial charge >= 0.3 is 5.97 Å². The molecular formula is C14H8BrCl2FN2O3.